The van der Waals surface area contributed by atoms with E-state index in [-0.39, 0.29) is 23.2 Å². The van der Waals surface area contributed by atoms with E-state index in [1.807, 2.05) is 30.9 Å². The fraction of sp³-hybridized carbons (Fsp3) is 0.500. The molecule has 9 nitrogen and oxygen atoms in total. The summed E-state index contributed by atoms with van der Waals surface area (Å²) in [5, 5.41) is 6.28. The Balaban J connectivity index is 1.90. The number of rotatable bonds is 8. The standard InChI is InChI=1S/C30H39N3O6/c1-17(2)27(30(36)33-13-7-8-14-33)32-23-12-10-20-21(16-24(23)35)22(31-18(3)34)11-9-19-15-25(37-4)28(38-5)29(39-6)26(19)20/h10,12,15-17,22,27H,7-9,11,13-14H2,1-6H3,(H,31,34)(H,32,35). The molecule has 0 bridgehead atoms. The topological polar surface area (TPSA) is 106 Å². The van der Waals surface area contributed by atoms with Crippen LogP contribution in [0.4, 0.5) is 5.69 Å². The monoisotopic (exact) mass is 537 g/mol. The van der Waals surface area contributed by atoms with Crippen LogP contribution in [0.25, 0.3) is 11.1 Å². The first-order chi connectivity index (χ1) is 18.7. The molecule has 0 saturated carbocycles. The molecule has 2 atom stereocenters. The largest absolute Gasteiger partial charge is 0.493 e. The number of carbonyl (C=O) groups is 2. The molecule has 2 aliphatic rings. The zero-order valence-corrected chi connectivity index (χ0v) is 23.7. The Hall–Kier alpha value is -3.75. The van der Waals surface area contributed by atoms with Crippen molar-refractivity contribution >= 4 is 17.5 Å². The van der Waals surface area contributed by atoms with Crippen LogP contribution < -0.4 is 30.3 Å². The maximum atomic E-state index is 13.7. The maximum Gasteiger partial charge on any atom is 0.245 e. The highest BCUT2D eigenvalue weighted by molar-refractivity contribution is 5.86. The van der Waals surface area contributed by atoms with Crippen molar-refractivity contribution in [2.24, 2.45) is 5.92 Å². The van der Waals surface area contributed by atoms with E-state index in [0.29, 0.717) is 41.3 Å². The fourth-order valence-electron chi connectivity index (χ4n) is 5.64. The molecule has 4 rings (SSSR count). The molecule has 2 N–H and O–H groups in total. The van der Waals surface area contributed by atoms with Gasteiger partial charge in [0.15, 0.2) is 11.5 Å². The average molecular weight is 538 g/mol. The first kappa shape index (κ1) is 28.3. The highest BCUT2D eigenvalue weighted by atomic mass is 16.5. The van der Waals surface area contributed by atoms with Crippen molar-refractivity contribution in [2.75, 3.05) is 39.7 Å². The molecule has 2 unspecified atom stereocenters. The van der Waals surface area contributed by atoms with Crippen LogP contribution in [0.5, 0.6) is 17.2 Å². The van der Waals surface area contributed by atoms with Gasteiger partial charge >= 0.3 is 0 Å². The number of hydrogen-bond acceptors (Lipinski definition) is 7. The SMILES string of the molecule is COc1cc2c(c(OC)c1OC)-c1ccc(NC(C(=O)N3CCCC3)C(C)C)c(=O)cc1C(NC(C)=O)CC2. The molecule has 1 saturated heterocycles. The molecule has 0 radical (unpaired) electrons. The van der Waals surface area contributed by atoms with Crippen molar-refractivity contribution in [3.8, 4) is 28.4 Å². The predicted molar refractivity (Wildman–Crippen MR) is 151 cm³/mol. The van der Waals surface area contributed by atoms with Gasteiger partial charge in [-0.15, -0.1) is 0 Å². The molecular formula is C30H39N3O6. The van der Waals surface area contributed by atoms with E-state index in [4.69, 9.17) is 14.2 Å². The molecule has 2 aromatic carbocycles. The van der Waals surface area contributed by atoms with Gasteiger partial charge in [0, 0.05) is 25.6 Å². The van der Waals surface area contributed by atoms with Crippen LogP contribution in [0.1, 0.15) is 57.2 Å². The van der Waals surface area contributed by atoms with Crippen molar-refractivity contribution in [3.63, 3.8) is 0 Å². The number of carbonyl (C=O) groups excluding carboxylic acids is 2. The van der Waals surface area contributed by atoms with E-state index in [1.54, 1.807) is 33.5 Å². The van der Waals surface area contributed by atoms with Crippen LogP contribution in [0, 0.1) is 5.92 Å². The highest BCUT2D eigenvalue weighted by Crippen LogP contribution is 2.50. The molecule has 210 valence electrons. The minimum Gasteiger partial charge on any atom is -0.493 e. The molecular weight excluding hydrogens is 498 g/mol. The summed E-state index contributed by atoms with van der Waals surface area (Å²) in [5.74, 6) is 1.29. The van der Waals surface area contributed by atoms with Gasteiger partial charge in [0.25, 0.3) is 0 Å². The van der Waals surface area contributed by atoms with Gasteiger partial charge in [0.1, 0.15) is 6.04 Å². The lowest BCUT2D eigenvalue weighted by Gasteiger charge is -2.27. The normalized spacial score (nSPS) is 17.0. The van der Waals surface area contributed by atoms with Crippen molar-refractivity contribution in [1.29, 1.82) is 0 Å². The van der Waals surface area contributed by atoms with E-state index in [9.17, 15) is 14.4 Å². The zero-order chi connectivity index (χ0) is 28.3. The summed E-state index contributed by atoms with van der Waals surface area (Å²) in [6.45, 7) is 6.90. The number of ether oxygens (including phenoxy) is 3. The van der Waals surface area contributed by atoms with Gasteiger partial charge in [-0.1, -0.05) is 19.9 Å². The second kappa shape index (κ2) is 12.0. The zero-order valence-electron chi connectivity index (χ0n) is 23.7. The van der Waals surface area contributed by atoms with E-state index >= 15 is 0 Å². The predicted octanol–water partition coefficient (Wildman–Crippen LogP) is 3.92. The van der Waals surface area contributed by atoms with E-state index in [2.05, 4.69) is 10.6 Å². The highest BCUT2D eigenvalue weighted by Gasteiger charge is 2.31. The van der Waals surface area contributed by atoms with Crippen LogP contribution >= 0.6 is 0 Å². The fourth-order valence-corrected chi connectivity index (χ4v) is 5.64. The number of benzene rings is 1. The van der Waals surface area contributed by atoms with Crippen molar-refractivity contribution in [2.45, 2.75) is 58.5 Å². The third-order valence-corrected chi connectivity index (χ3v) is 7.58. The number of nitrogens with one attached hydrogen (secondary N) is 2. The minimum atomic E-state index is -0.532. The Labute approximate surface area is 229 Å². The molecule has 0 aromatic heterocycles. The average Bonchev–Trinajstić information content (AvgIpc) is 3.35. The second-order valence-corrected chi connectivity index (χ2v) is 10.5. The molecule has 1 aliphatic heterocycles. The number of nitrogens with zero attached hydrogens (tertiary/aromatic N) is 1. The van der Waals surface area contributed by atoms with Crippen LogP contribution in [0.3, 0.4) is 0 Å². The number of methoxy groups -OCH3 is 3. The Morgan fingerprint density at radius 3 is 2.28 bits per heavy atom. The number of fused-ring (bicyclic) bond motifs is 3. The Morgan fingerprint density at radius 2 is 1.69 bits per heavy atom. The Bertz CT molecular complexity index is 1300. The summed E-state index contributed by atoms with van der Waals surface area (Å²) in [5.41, 5.74) is 3.24. The van der Waals surface area contributed by atoms with Crippen molar-refractivity contribution in [1.82, 2.24) is 10.2 Å². The van der Waals surface area contributed by atoms with Gasteiger partial charge in [-0.25, -0.2) is 0 Å². The number of amides is 2. The maximum absolute atomic E-state index is 13.7. The smallest absolute Gasteiger partial charge is 0.245 e. The van der Waals surface area contributed by atoms with Gasteiger partial charge in [0.05, 0.1) is 33.1 Å². The van der Waals surface area contributed by atoms with Gasteiger partial charge < -0.3 is 29.7 Å². The van der Waals surface area contributed by atoms with Crippen LogP contribution in [0.15, 0.2) is 29.1 Å². The van der Waals surface area contributed by atoms with Gasteiger partial charge in [-0.2, -0.15) is 0 Å². The van der Waals surface area contributed by atoms with Crippen LogP contribution in [-0.2, 0) is 16.0 Å². The lowest BCUT2D eigenvalue weighted by atomic mass is 9.95. The molecule has 9 heteroatoms. The third kappa shape index (κ3) is 5.67. The number of aryl methyl sites for hydroxylation is 1. The van der Waals surface area contributed by atoms with Crippen molar-refractivity contribution in [3.05, 3.63) is 45.6 Å². The lowest BCUT2D eigenvalue weighted by molar-refractivity contribution is -0.131. The summed E-state index contributed by atoms with van der Waals surface area (Å²) >= 11 is 0. The van der Waals surface area contributed by atoms with Crippen LogP contribution in [0.2, 0.25) is 0 Å². The minimum absolute atomic E-state index is 0.00920. The number of hydrogen-bond donors (Lipinski definition) is 2. The molecule has 2 aromatic rings. The number of likely N-dealkylation sites (tertiary alicyclic amines) is 1. The van der Waals surface area contributed by atoms with Crippen LogP contribution in [-0.4, -0.2) is 57.2 Å². The van der Waals surface area contributed by atoms with E-state index in [1.165, 1.54) is 6.92 Å². The first-order valence-corrected chi connectivity index (χ1v) is 13.5. The molecule has 1 fully saturated rings. The molecule has 1 aliphatic carbocycles. The quantitative estimate of drug-likeness (QED) is 0.526. The van der Waals surface area contributed by atoms with Gasteiger partial charge in [-0.05, 0) is 66.5 Å². The molecule has 2 amide bonds. The second-order valence-electron chi connectivity index (χ2n) is 10.5. The third-order valence-electron chi connectivity index (χ3n) is 7.58. The Morgan fingerprint density at radius 1 is 1.00 bits per heavy atom. The first-order valence-electron chi connectivity index (χ1n) is 13.5. The number of anilines is 1. The molecule has 0 spiro atoms. The Kier molecular flexibility index (Phi) is 8.67. The van der Waals surface area contributed by atoms with E-state index in [0.717, 1.165) is 42.6 Å². The summed E-state index contributed by atoms with van der Waals surface area (Å²) in [4.78, 5) is 41.0. The summed E-state index contributed by atoms with van der Waals surface area (Å²) in [7, 11) is 4.70. The summed E-state index contributed by atoms with van der Waals surface area (Å²) in [6, 6.07) is 6.15. The van der Waals surface area contributed by atoms with E-state index < -0.39 is 12.1 Å². The lowest BCUT2D eigenvalue weighted by Crippen LogP contribution is -2.45. The van der Waals surface area contributed by atoms with Crippen molar-refractivity contribution < 1.29 is 23.8 Å². The summed E-state index contributed by atoms with van der Waals surface area (Å²) in [6.07, 6.45) is 3.19. The van der Waals surface area contributed by atoms with Gasteiger partial charge in [-0.3, -0.25) is 14.4 Å². The molecule has 1 heterocycles. The molecule has 39 heavy (non-hydrogen) atoms. The van der Waals surface area contributed by atoms with Gasteiger partial charge in [0.2, 0.25) is 23.0 Å². The summed E-state index contributed by atoms with van der Waals surface area (Å²) < 4.78 is 17.1.